The molecule has 3 rings (SSSR count). The Labute approximate surface area is 173 Å². The molecule has 1 aromatic carbocycles. The number of carbonyl (C=O) groups is 1. The van der Waals surface area contributed by atoms with Gasteiger partial charge in [0.05, 0.1) is 47.6 Å². The quantitative estimate of drug-likeness (QED) is 0.470. The molecule has 1 N–H and O–H groups in total. The van der Waals surface area contributed by atoms with Crippen LogP contribution in [0.2, 0.25) is 0 Å². The molecule has 0 aliphatic carbocycles. The smallest absolute Gasteiger partial charge is 0.390 e. The van der Waals surface area contributed by atoms with E-state index in [4.69, 9.17) is 4.74 Å². The zero-order valence-corrected chi connectivity index (χ0v) is 17.5. The van der Waals surface area contributed by atoms with Gasteiger partial charge in [0.15, 0.2) is 0 Å². The molecular weight excluding hydrogens is 388 g/mol. The van der Waals surface area contributed by atoms with Crippen LogP contribution < -0.4 is 10.1 Å². The molecule has 0 saturated heterocycles. The number of nitrogens with zero attached hydrogens (tertiary/aromatic N) is 5. The van der Waals surface area contributed by atoms with Crippen LogP contribution in [-0.2, 0) is 11.3 Å². The predicted octanol–water partition coefficient (Wildman–Crippen LogP) is 3.17. The van der Waals surface area contributed by atoms with E-state index in [0.29, 0.717) is 23.6 Å². The number of aryl methyl sites for hydroxylation is 2. The van der Waals surface area contributed by atoms with E-state index in [1.807, 2.05) is 42.8 Å². The summed E-state index contributed by atoms with van der Waals surface area (Å²) in [5.41, 5.74) is 3.66. The van der Waals surface area contributed by atoms with E-state index in [-0.39, 0.29) is 11.7 Å². The van der Waals surface area contributed by atoms with Crippen LogP contribution in [0, 0.1) is 30.9 Å². The van der Waals surface area contributed by atoms with E-state index in [2.05, 4.69) is 15.5 Å². The minimum Gasteiger partial charge on any atom is -0.497 e. The average Bonchev–Trinajstić information content (AvgIpc) is 3.22. The van der Waals surface area contributed by atoms with Gasteiger partial charge < -0.3 is 20.2 Å². The summed E-state index contributed by atoms with van der Waals surface area (Å²) in [6.07, 6.45) is 0. The summed E-state index contributed by atoms with van der Waals surface area (Å²) in [6.45, 7) is 7.54. The molecule has 0 saturated carbocycles. The summed E-state index contributed by atoms with van der Waals surface area (Å²) in [5, 5.41) is 22.3. The summed E-state index contributed by atoms with van der Waals surface area (Å²) < 4.78 is 8.42. The van der Waals surface area contributed by atoms with Gasteiger partial charge in [-0.3, -0.25) is 9.48 Å². The molecule has 0 bridgehead atoms. The third-order valence-corrected chi connectivity index (χ3v) is 4.94. The second kappa shape index (κ2) is 8.36. The van der Waals surface area contributed by atoms with E-state index >= 15 is 0 Å². The number of anilines is 1. The molecular formula is C20H24N6O4. The fourth-order valence-electron chi connectivity index (χ4n) is 3.27. The van der Waals surface area contributed by atoms with Crippen molar-refractivity contribution in [2.24, 2.45) is 0 Å². The summed E-state index contributed by atoms with van der Waals surface area (Å²) in [7, 11) is 1.62. The third-order valence-electron chi connectivity index (χ3n) is 4.94. The van der Waals surface area contributed by atoms with Gasteiger partial charge in [-0.2, -0.15) is 9.78 Å². The number of amides is 1. The minimum atomic E-state index is -0.723. The highest BCUT2D eigenvalue weighted by Gasteiger charge is 2.26. The maximum absolute atomic E-state index is 12.8. The molecule has 0 fully saturated rings. The summed E-state index contributed by atoms with van der Waals surface area (Å²) in [6, 6.07) is 8.32. The number of aromatic nitrogens is 4. The number of hydrogen-bond donors (Lipinski definition) is 1. The molecule has 10 heteroatoms. The normalized spacial score (nSPS) is 11.9. The monoisotopic (exact) mass is 412 g/mol. The largest absolute Gasteiger partial charge is 0.497 e. The van der Waals surface area contributed by atoms with Gasteiger partial charge in [0.2, 0.25) is 0 Å². The fourth-order valence-corrected chi connectivity index (χ4v) is 3.27. The molecule has 10 nitrogen and oxygen atoms in total. The first-order valence-electron chi connectivity index (χ1n) is 9.39. The highest BCUT2D eigenvalue weighted by atomic mass is 16.6. The number of benzene rings is 1. The lowest BCUT2D eigenvalue weighted by molar-refractivity contribution is -0.389. The number of rotatable bonds is 7. The summed E-state index contributed by atoms with van der Waals surface area (Å²) in [4.78, 5) is 23.2. The topological polar surface area (TPSA) is 117 Å². The number of methoxy groups -OCH3 is 1. The van der Waals surface area contributed by atoms with Crippen molar-refractivity contribution >= 4 is 17.4 Å². The van der Waals surface area contributed by atoms with E-state index in [1.165, 1.54) is 10.7 Å². The van der Waals surface area contributed by atoms with Gasteiger partial charge in [-0.05, 0) is 50.3 Å². The number of nitrogens with one attached hydrogen (secondary N) is 1. The van der Waals surface area contributed by atoms with Crippen LogP contribution in [-0.4, -0.2) is 37.5 Å². The number of carbonyl (C=O) groups excluding carboxylic acids is 1. The Hall–Kier alpha value is -3.69. The van der Waals surface area contributed by atoms with E-state index in [1.54, 1.807) is 21.0 Å². The van der Waals surface area contributed by atoms with Crippen LogP contribution in [0.4, 0.5) is 11.5 Å². The third kappa shape index (κ3) is 4.17. The highest BCUT2D eigenvalue weighted by Crippen LogP contribution is 2.24. The molecule has 30 heavy (non-hydrogen) atoms. The van der Waals surface area contributed by atoms with Crippen LogP contribution in [0.25, 0.3) is 0 Å². The van der Waals surface area contributed by atoms with E-state index in [9.17, 15) is 14.9 Å². The average molecular weight is 412 g/mol. The van der Waals surface area contributed by atoms with Gasteiger partial charge in [0.25, 0.3) is 5.91 Å². The maximum atomic E-state index is 12.8. The van der Waals surface area contributed by atoms with Crippen molar-refractivity contribution < 1.29 is 14.5 Å². The molecule has 1 amide bonds. The molecule has 2 heterocycles. The van der Waals surface area contributed by atoms with Crippen molar-refractivity contribution in [2.45, 2.75) is 40.3 Å². The maximum Gasteiger partial charge on any atom is 0.390 e. The van der Waals surface area contributed by atoms with Gasteiger partial charge in [0.1, 0.15) is 11.8 Å². The second-order valence-corrected chi connectivity index (χ2v) is 7.07. The molecule has 3 aromatic rings. The zero-order valence-electron chi connectivity index (χ0n) is 17.5. The van der Waals surface area contributed by atoms with Crippen LogP contribution in [0.1, 0.15) is 35.6 Å². The SMILES string of the molecule is COc1cccc(Cn2nc(C)c(NC(=O)C(C)n3nc([N+](=O)[O-])cc3C)c2C)c1. The van der Waals surface area contributed by atoms with Gasteiger partial charge >= 0.3 is 5.82 Å². The first kappa shape index (κ1) is 21.0. The van der Waals surface area contributed by atoms with Crippen molar-refractivity contribution in [1.29, 1.82) is 0 Å². The molecule has 2 aromatic heterocycles. The van der Waals surface area contributed by atoms with E-state index in [0.717, 1.165) is 17.0 Å². The predicted molar refractivity (Wildman–Crippen MR) is 111 cm³/mol. The lowest BCUT2D eigenvalue weighted by Crippen LogP contribution is -2.25. The zero-order chi connectivity index (χ0) is 22.0. The number of nitro groups is 1. The fraction of sp³-hybridized carbons (Fsp3) is 0.350. The Morgan fingerprint density at radius 1 is 1.27 bits per heavy atom. The van der Waals surface area contributed by atoms with Crippen LogP contribution in [0.3, 0.4) is 0 Å². The summed E-state index contributed by atoms with van der Waals surface area (Å²) in [5.74, 6) is 0.147. The Bertz CT molecular complexity index is 1100. The number of ether oxygens (including phenoxy) is 1. The molecule has 1 atom stereocenters. The Morgan fingerprint density at radius 3 is 2.63 bits per heavy atom. The van der Waals surface area contributed by atoms with Crippen LogP contribution in [0.15, 0.2) is 30.3 Å². The van der Waals surface area contributed by atoms with Gasteiger partial charge in [-0.15, -0.1) is 0 Å². The van der Waals surface area contributed by atoms with Crippen molar-refractivity contribution in [2.75, 3.05) is 12.4 Å². The number of hydrogen-bond acceptors (Lipinski definition) is 6. The molecule has 0 aliphatic rings. The standard InChI is InChI=1S/C20H24N6O4/c1-12-9-18(26(28)29)23-25(12)15(4)20(27)21-19-13(2)22-24(14(19)3)11-16-7-6-8-17(10-16)30-5/h6-10,15H,11H2,1-5H3,(H,21,27). The van der Waals surface area contributed by atoms with Crippen molar-refractivity contribution in [3.8, 4) is 5.75 Å². The van der Waals surface area contributed by atoms with Crippen molar-refractivity contribution in [1.82, 2.24) is 19.6 Å². The van der Waals surface area contributed by atoms with Gasteiger partial charge in [-0.1, -0.05) is 12.1 Å². The minimum absolute atomic E-state index is 0.286. The van der Waals surface area contributed by atoms with E-state index < -0.39 is 11.0 Å². The lowest BCUT2D eigenvalue weighted by Gasteiger charge is -2.12. The summed E-state index contributed by atoms with van der Waals surface area (Å²) >= 11 is 0. The second-order valence-electron chi connectivity index (χ2n) is 7.07. The van der Waals surface area contributed by atoms with Crippen molar-refractivity contribution in [3.63, 3.8) is 0 Å². The van der Waals surface area contributed by atoms with Gasteiger partial charge in [-0.25, -0.2) is 0 Å². The van der Waals surface area contributed by atoms with Crippen LogP contribution >= 0.6 is 0 Å². The van der Waals surface area contributed by atoms with Crippen LogP contribution in [0.5, 0.6) is 5.75 Å². The lowest BCUT2D eigenvalue weighted by atomic mass is 10.2. The molecule has 158 valence electrons. The molecule has 1 unspecified atom stereocenters. The molecule has 0 spiro atoms. The molecule has 0 radical (unpaired) electrons. The highest BCUT2D eigenvalue weighted by molar-refractivity contribution is 5.94. The molecule has 0 aliphatic heterocycles. The van der Waals surface area contributed by atoms with Gasteiger partial charge in [0, 0.05) is 0 Å². The first-order chi connectivity index (χ1) is 14.2. The van der Waals surface area contributed by atoms with Crippen molar-refractivity contribution in [3.05, 3.63) is 63.1 Å². The first-order valence-corrected chi connectivity index (χ1v) is 9.39. The Balaban J connectivity index is 1.79. The Morgan fingerprint density at radius 2 is 2.00 bits per heavy atom. The Kier molecular flexibility index (Phi) is 5.86.